The Balaban J connectivity index is 2.47. The molecule has 0 saturated heterocycles. The largest absolute Gasteiger partial charge is 0.384 e. The lowest BCUT2D eigenvalue weighted by atomic mass is 9.96. The molecule has 0 aliphatic rings. The van der Waals surface area contributed by atoms with Gasteiger partial charge in [-0.05, 0) is 37.1 Å². The zero-order chi connectivity index (χ0) is 13.3. The van der Waals surface area contributed by atoms with E-state index in [9.17, 15) is 5.11 Å². The van der Waals surface area contributed by atoms with Crippen LogP contribution in [0.15, 0.2) is 40.9 Å². The monoisotopic (exact) mass is 324 g/mol. The Kier molecular flexibility index (Phi) is 4.10. The van der Waals surface area contributed by atoms with Crippen molar-refractivity contribution in [2.45, 2.75) is 20.0 Å². The summed E-state index contributed by atoms with van der Waals surface area (Å²) in [6, 6.07) is 11.6. The topological polar surface area (TPSA) is 20.2 Å². The molecular weight excluding hydrogens is 312 g/mol. The Morgan fingerprint density at radius 1 is 1.06 bits per heavy atom. The van der Waals surface area contributed by atoms with Gasteiger partial charge in [0.05, 0.1) is 0 Å². The van der Waals surface area contributed by atoms with Crippen LogP contribution in [-0.2, 0) is 0 Å². The van der Waals surface area contributed by atoms with Crippen LogP contribution in [0.3, 0.4) is 0 Å². The summed E-state index contributed by atoms with van der Waals surface area (Å²) in [5.74, 6) is 0. The van der Waals surface area contributed by atoms with Crippen molar-refractivity contribution in [3.63, 3.8) is 0 Å². The molecule has 18 heavy (non-hydrogen) atoms. The van der Waals surface area contributed by atoms with Crippen LogP contribution in [0.4, 0.5) is 0 Å². The van der Waals surface area contributed by atoms with Crippen molar-refractivity contribution in [3.8, 4) is 0 Å². The highest BCUT2D eigenvalue weighted by molar-refractivity contribution is 9.10. The molecule has 0 aliphatic heterocycles. The molecular formula is C15H14BrClO. The number of hydrogen-bond donors (Lipinski definition) is 1. The number of hydrogen-bond acceptors (Lipinski definition) is 1. The van der Waals surface area contributed by atoms with Crippen LogP contribution in [0.1, 0.15) is 28.4 Å². The van der Waals surface area contributed by atoms with Gasteiger partial charge in [0, 0.05) is 15.1 Å². The first-order chi connectivity index (χ1) is 8.49. The average Bonchev–Trinajstić information content (AvgIpc) is 2.31. The Morgan fingerprint density at radius 2 is 1.78 bits per heavy atom. The van der Waals surface area contributed by atoms with Crippen LogP contribution in [-0.4, -0.2) is 5.11 Å². The molecule has 0 spiro atoms. The molecule has 0 aromatic heterocycles. The number of benzene rings is 2. The number of halogens is 2. The van der Waals surface area contributed by atoms with E-state index in [4.69, 9.17) is 11.6 Å². The summed E-state index contributed by atoms with van der Waals surface area (Å²) in [5.41, 5.74) is 3.82. The minimum Gasteiger partial charge on any atom is -0.384 e. The zero-order valence-corrected chi connectivity index (χ0v) is 12.6. The fourth-order valence-electron chi connectivity index (χ4n) is 1.95. The third kappa shape index (κ3) is 2.77. The van der Waals surface area contributed by atoms with E-state index in [-0.39, 0.29) is 0 Å². The lowest BCUT2D eigenvalue weighted by molar-refractivity contribution is 0.219. The smallest absolute Gasteiger partial charge is 0.106 e. The van der Waals surface area contributed by atoms with Crippen molar-refractivity contribution in [2.24, 2.45) is 0 Å². The van der Waals surface area contributed by atoms with Gasteiger partial charge in [-0.3, -0.25) is 0 Å². The van der Waals surface area contributed by atoms with Crippen LogP contribution in [0.25, 0.3) is 0 Å². The third-order valence-electron chi connectivity index (χ3n) is 2.99. The molecule has 2 rings (SSSR count). The Bertz CT molecular complexity index is 581. The molecule has 2 aromatic carbocycles. The second-order valence-corrected chi connectivity index (χ2v) is 5.75. The highest BCUT2D eigenvalue weighted by Gasteiger charge is 2.16. The maximum Gasteiger partial charge on any atom is 0.106 e. The summed E-state index contributed by atoms with van der Waals surface area (Å²) in [4.78, 5) is 0. The highest BCUT2D eigenvalue weighted by Crippen LogP contribution is 2.32. The molecule has 1 unspecified atom stereocenters. The van der Waals surface area contributed by atoms with Crippen molar-refractivity contribution < 1.29 is 5.11 Å². The van der Waals surface area contributed by atoms with Crippen molar-refractivity contribution in [3.05, 3.63) is 68.1 Å². The molecule has 0 amide bonds. The Morgan fingerprint density at radius 3 is 2.44 bits per heavy atom. The lowest BCUT2D eigenvalue weighted by Crippen LogP contribution is -2.03. The third-order valence-corrected chi connectivity index (χ3v) is 3.81. The van der Waals surface area contributed by atoms with Crippen LogP contribution in [0, 0.1) is 13.8 Å². The van der Waals surface area contributed by atoms with Gasteiger partial charge in [-0.1, -0.05) is 57.4 Å². The minimum atomic E-state index is -0.689. The summed E-state index contributed by atoms with van der Waals surface area (Å²) in [6.07, 6.45) is -0.689. The van der Waals surface area contributed by atoms with Crippen LogP contribution in [0.2, 0.25) is 5.02 Å². The van der Waals surface area contributed by atoms with Crippen molar-refractivity contribution in [1.82, 2.24) is 0 Å². The molecule has 94 valence electrons. The quantitative estimate of drug-likeness (QED) is 0.841. The van der Waals surface area contributed by atoms with E-state index in [0.717, 1.165) is 26.7 Å². The second-order valence-electron chi connectivity index (χ2n) is 4.43. The molecule has 1 N–H and O–H groups in total. The van der Waals surface area contributed by atoms with E-state index in [1.165, 1.54) is 0 Å². The standard InChI is InChI=1S/C15H14BrClO/c1-9-3-4-10(2)13(7-9)15(18)12-6-5-11(16)8-14(12)17/h3-8,15,18H,1-2H3. The van der Waals surface area contributed by atoms with Crippen LogP contribution in [0.5, 0.6) is 0 Å². The first-order valence-corrected chi connectivity index (χ1v) is 6.86. The van der Waals surface area contributed by atoms with Gasteiger partial charge in [0.25, 0.3) is 0 Å². The fourth-order valence-corrected chi connectivity index (χ4v) is 2.72. The van der Waals surface area contributed by atoms with Gasteiger partial charge in [-0.2, -0.15) is 0 Å². The van der Waals surface area contributed by atoms with Crippen molar-refractivity contribution >= 4 is 27.5 Å². The van der Waals surface area contributed by atoms with Crippen LogP contribution < -0.4 is 0 Å². The van der Waals surface area contributed by atoms with Crippen molar-refractivity contribution in [1.29, 1.82) is 0 Å². The molecule has 0 fully saturated rings. The molecule has 0 heterocycles. The summed E-state index contributed by atoms with van der Waals surface area (Å²) in [6.45, 7) is 4.00. The van der Waals surface area contributed by atoms with Gasteiger partial charge in [-0.25, -0.2) is 0 Å². The van der Waals surface area contributed by atoms with E-state index in [2.05, 4.69) is 15.9 Å². The Labute approximate surface area is 121 Å². The van der Waals surface area contributed by atoms with Gasteiger partial charge in [0.2, 0.25) is 0 Å². The normalized spacial score (nSPS) is 12.5. The van der Waals surface area contributed by atoms with E-state index < -0.39 is 6.10 Å². The molecule has 1 atom stereocenters. The summed E-state index contributed by atoms with van der Waals surface area (Å²) >= 11 is 9.54. The first kappa shape index (κ1) is 13.6. The molecule has 0 radical (unpaired) electrons. The molecule has 0 saturated carbocycles. The molecule has 3 heteroatoms. The predicted octanol–water partition coefficient (Wildman–Crippen LogP) is 4.80. The molecule has 0 aliphatic carbocycles. The number of aryl methyl sites for hydroxylation is 2. The van der Waals surface area contributed by atoms with E-state index in [1.807, 2.05) is 44.2 Å². The average molecular weight is 326 g/mol. The first-order valence-electron chi connectivity index (χ1n) is 5.69. The second kappa shape index (κ2) is 5.43. The van der Waals surface area contributed by atoms with E-state index in [1.54, 1.807) is 6.07 Å². The predicted molar refractivity (Wildman–Crippen MR) is 79.1 cm³/mol. The van der Waals surface area contributed by atoms with Crippen LogP contribution >= 0.6 is 27.5 Å². The summed E-state index contributed by atoms with van der Waals surface area (Å²) < 4.78 is 0.907. The zero-order valence-electron chi connectivity index (χ0n) is 10.2. The molecule has 2 aromatic rings. The summed E-state index contributed by atoms with van der Waals surface area (Å²) in [7, 11) is 0. The Hall–Kier alpha value is -0.830. The van der Waals surface area contributed by atoms with E-state index >= 15 is 0 Å². The van der Waals surface area contributed by atoms with Gasteiger partial charge < -0.3 is 5.11 Å². The number of rotatable bonds is 2. The van der Waals surface area contributed by atoms with Gasteiger partial charge >= 0.3 is 0 Å². The van der Waals surface area contributed by atoms with Gasteiger partial charge in [0.1, 0.15) is 6.10 Å². The van der Waals surface area contributed by atoms with Gasteiger partial charge in [-0.15, -0.1) is 0 Å². The van der Waals surface area contributed by atoms with Gasteiger partial charge in [0.15, 0.2) is 0 Å². The maximum atomic E-state index is 10.5. The molecule has 0 bridgehead atoms. The number of aliphatic hydroxyl groups is 1. The van der Waals surface area contributed by atoms with E-state index in [0.29, 0.717) is 5.02 Å². The maximum absolute atomic E-state index is 10.5. The fraction of sp³-hybridized carbons (Fsp3) is 0.200. The highest BCUT2D eigenvalue weighted by atomic mass is 79.9. The minimum absolute atomic E-state index is 0.567. The lowest BCUT2D eigenvalue weighted by Gasteiger charge is -2.16. The van der Waals surface area contributed by atoms with Crippen molar-refractivity contribution in [2.75, 3.05) is 0 Å². The summed E-state index contributed by atoms with van der Waals surface area (Å²) in [5, 5.41) is 11.0. The SMILES string of the molecule is Cc1ccc(C)c(C(O)c2ccc(Br)cc2Cl)c1. The number of aliphatic hydroxyl groups excluding tert-OH is 1. The molecule has 1 nitrogen and oxygen atoms in total.